The zero-order valence-electron chi connectivity index (χ0n) is 5.92. The summed E-state index contributed by atoms with van der Waals surface area (Å²) in [5, 5.41) is 0. The highest BCUT2D eigenvalue weighted by atomic mass is 16.5. The molecule has 1 aliphatic heterocycles. The summed E-state index contributed by atoms with van der Waals surface area (Å²) in [5.74, 6) is 0. The molecule has 50 valence electrons. The minimum Gasteiger partial charge on any atom is -0.366 e. The van der Waals surface area contributed by atoms with Gasteiger partial charge < -0.3 is 4.74 Å². The van der Waals surface area contributed by atoms with Crippen LogP contribution in [0.25, 0.3) is 0 Å². The highest BCUT2D eigenvalue weighted by Gasteiger charge is 2.09. The van der Waals surface area contributed by atoms with Gasteiger partial charge in [-0.3, -0.25) is 0 Å². The van der Waals surface area contributed by atoms with Crippen molar-refractivity contribution in [3.05, 3.63) is 23.8 Å². The first kappa shape index (κ1) is 6.56. The minimum absolute atomic E-state index is 0.259. The lowest BCUT2D eigenvalue weighted by Gasteiger charge is -2.06. The van der Waals surface area contributed by atoms with Crippen LogP contribution >= 0.6 is 0 Å². The number of allylic oxidation sites excluding steroid dienone is 1. The van der Waals surface area contributed by atoms with Gasteiger partial charge in [0.2, 0.25) is 0 Å². The summed E-state index contributed by atoms with van der Waals surface area (Å²) in [6.07, 6.45) is 6.49. The van der Waals surface area contributed by atoms with Crippen LogP contribution in [-0.4, -0.2) is 12.7 Å². The molecule has 0 aliphatic carbocycles. The molecule has 0 bridgehead atoms. The lowest BCUT2D eigenvalue weighted by Crippen LogP contribution is -2.04. The molecule has 0 aromatic carbocycles. The first-order valence-corrected chi connectivity index (χ1v) is 3.25. The van der Waals surface area contributed by atoms with Gasteiger partial charge in [-0.2, -0.15) is 0 Å². The third-order valence-corrected chi connectivity index (χ3v) is 1.59. The second-order valence-electron chi connectivity index (χ2n) is 2.21. The second kappa shape index (κ2) is 2.83. The van der Waals surface area contributed by atoms with Gasteiger partial charge in [-0.15, -0.1) is 0 Å². The molecule has 0 N–H and O–H groups in total. The molecular weight excluding hydrogens is 112 g/mol. The van der Waals surface area contributed by atoms with Crippen molar-refractivity contribution in [1.82, 2.24) is 0 Å². The molecule has 0 aromatic rings. The van der Waals surface area contributed by atoms with E-state index >= 15 is 0 Å². The number of rotatable bonds is 1. The van der Waals surface area contributed by atoms with Crippen LogP contribution in [0.3, 0.4) is 0 Å². The molecule has 1 heterocycles. The molecule has 0 fully saturated rings. The Morgan fingerprint density at radius 1 is 1.78 bits per heavy atom. The van der Waals surface area contributed by atoms with Crippen LogP contribution in [-0.2, 0) is 4.74 Å². The number of hydrogen-bond acceptors (Lipinski definition) is 1. The molecule has 9 heavy (non-hydrogen) atoms. The minimum atomic E-state index is 0.259. The van der Waals surface area contributed by atoms with Crippen molar-refractivity contribution in [2.24, 2.45) is 0 Å². The highest BCUT2D eigenvalue weighted by molar-refractivity contribution is 5.15. The van der Waals surface area contributed by atoms with E-state index in [1.165, 1.54) is 5.57 Å². The summed E-state index contributed by atoms with van der Waals surface area (Å²) in [4.78, 5) is 0. The van der Waals surface area contributed by atoms with Gasteiger partial charge in [0.05, 0.1) is 12.7 Å². The third-order valence-electron chi connectivity index (χ3n) is 1.59. The average Bonchev–Trinajstić information content (AvgIpc) is 2.37. The topological polar surface area (TPSA) is 9.23 Å². The first-order valence-electron chi connectivity index (χ1n) is 3.25. The van der Waals surface area contributed by atoms with Gasteiger partial charge in [-0.1, -0.05) is 18.2 Å². The van der Waals surface area contributed by atoms with E-state index in [0.717, 1.165) is 6.61 Å². The zero-order valence-corrected chi connectivity index (χ0v) is 5.92. The predicted molar refractivity (Wildman–Crippen MR) is 38.3 cm³/mol. The van der Waals surface area contributed by atoms with E-state index in [1.54, 1.807) is 0 Å². The third kappa shape index (κ3) is 1.42. The van der Waals surface area contributed by atoms with Crippen molar-refractivity contribution in [2.45, 2.75) is 20.0 Å². The Balaban J connectivity index is 2.53. The van der Waals surface area contributed by atoms with Crippen molar-refractivity contribution in [3.8, 4) is 0 Å². The predicted octanol–water partition coefficient (Wildman–Crippen LogP) is 1.91. The summed E-state index contributed by atoms with van der Waals surface area (Å²) in [6, 6.07) is 0. The summed E-state index contributed by atoms with van der Waals surface area (Å²) in [5.41, 5.74) is 1.30. The number of ether oxygens (including phenoxy) is 1. The van der Waals surface area contributed by atoms with E-state index in [-0.39, 0.29) is 6.10 Å². The van der Waals surface area contributed by atoms with Gasteiger partial charge in [0.15, 0.2) is 0 Å². The number of hydrogen-bond donors (Lipinski definition) is 0. The molecular formula is C8H12O. The molecule has 0 saturated heterocycles. The Morgan fingerprint density at radius 3 is 3.00 bits per heavy atom. The SMILES string of the molecule is CC=C(C)C1C=CCO1. The Bertz CT molecular complexity index is 145. The van der Waals surface area contributed by atoms with E-state index in [2.05, 4.69) is 25.2 Å². The fraction of sp³-hybridized carbons (Fsp3) is 0.500. The maximum Gasteiger partial charge on any atom is 0.0969 e. The van der Waals surface area contributed by atoms with E-state index in [0.29, 0.717) is 0 Å². The van der Waals surface area contributed by atoms with Crippen molar-refractivity contribution >= 4 is 0 Å². The van der Waals surface area contributed by atoms with Crippen LogP contribution in [0.1, 0.15) is 13.8 Å². The smallest absolute Gasteiger partial charge is 0.0969 e. The van der Waals surface area contributed by atoms with Crippen LogP contribution in [0, 0.1) is 0 Å². The fourth-order valence-electron chi connectivity index (χ4n) is 0.841. The van der Waals surface area contributed by atoms with E-state index in [9.17, 15) is 0 Å². The second-order valence-corrected chi connectivity index (χ2v) is 2.21. The van der Waals surface area contributed by atoms with Gasteiger partial charge in [0, 0.05) is 0 Å². The molecule has 0 saturated carbocycles. The molecule has 1 heteroatoms. The molecule has 0 radical (unpaired) electrons. The maximum atomic E-state index is 5.33. The molecule has 1 unspecified atom stereocenters. The quantitative estimate of drug-likeness (QED) is 0.485. The first-order chi connectivity index (χ1) is 4.34. The van der Waals surface area contributed by atoms with E-state index in [4.69, 9.17) is 4.74 Å². The van der Waals surface area contributed by atoms with Crippen molar-refractivity contribution in [2.75, 3.05) is 6.61 Å². The van der Waals surface area contributed by atoms with Crippen LogP contribution in [0.5, 0.6) is 0 Å². The Hall–Kier alpha value is -0.560. The van der Waals surface area contributed by atoms with Crippen LogP contribution in [0.15, 0.2) is 23.8 Å². The maximum absolute atomic E-state index is 5.33. The van der Waals surface area contributed by atoms with E-state index < -0.39 is 0 Å². The van der Waals surface area contributed by atoms with Gasteiger partial charge in [-0.25, -0.2) is 0 Å². The summed E-state index contributed by atoms with van der Waals surface area (Å²) < 4.78 is 5.33. The van der Waals surface area contributed by atoms with Crippen molar-refractivity contribution < 1.29 is 4.74 Å². The van der Waals surface area contributed by atoms with Gasteiger partial charge in [0.25, 0.3) is 0 Å². The fourth-order valence-corrected chi connectivity index (χ4v) is 0.841. The lowest BCUT2D eigenvalue weighted by atomic mass is 10.2. The van der Waals surface area contributed by atoms with Crippen molar-refractivity contribution in [1.29, 1.82) is 0 Å². The Labute approximate surface area is 56.0 Å². The lowest BCUT2D eigenvalue weighted by molar-refractivity contribution is 0.153. The van der Waals surface area contributed by atoms with Crippen LogP contribution in [0.2, 0.25) is 0 Å². The Morgan fingerprint density at radius 2 is 2.56 bits per heavy atom. The Kier molecular flexibility index (Phi) is 2.06. The summed E-state index contributed by atoms with van der Waals surface area (Å²) in [7, 11) is 0. The highest BCUT2D eigenvalue weighted by Crippen LogP contribution is 2.11. The monoisotopic (exact) mass is 124 g/mol. The molecule has 0 amide bonds. The van der Waals surface area contributed by atoms with E-state index in [1.807, 2.05) is 6.92 Å². The molecule has 1 aliphatic rings. The van der Waals surface area contributed by atoms with Crippen LogP contribution < -0.4 is 0 Å². The van der Waals surface area contributed by atoms with Crippen molar-refractivity contribution in [3.63, 3.8) is 0 Å². The molecule has 1 rings (SSSR count). The molecule has 1 atom stereocenters. The molecule has 1 nitrogen and oxygen atoms in total. The molecule has 0 spiro atoms. The van der Waals surface area contributed by atoms with Gasteiger partial charge in [0.1, 0.15) is 0 Å². The normalized spacial score (nSPS) is 27.3. The molecule has 0 aromatic heterocycles. The van der Waals surface area contributed by atoms with Gasteiger partial charge >= 0.3 is 0 Å². The largest absolute Gasteiger partial charge is 0.366 e. The standard InChI is InChI=1S/C8H12O/c1-3-7(2)8-5-4-6-9-8/h3-5,8H,6H2,1-2H3. The zero-order chi connectivity index (χ0) is 6.69. The van der Waals surface area contributed by atoms with Gasteiger partial charge in [-0.05, 0) is 19.4 Å². The van der Waals surface area contributed by atoms with Crippen LogP contribution in [0.4, 0.5) is 0 Å². The summed E-state index contributed by atoms with van der Waals surface area (Å²) in [6.45, 7) is 4.89. The summed E-state index contributed by atoms with van der Waals surface area (Å²) >= 11 is 0. The average molecular weight is 124 g/mol.